The molecule has 0 N–H and O–H groups in total. The molecule has 4 nitrogen and oxygen atoms in total. The summed E-state index contributed by atoms with van der Waals surface area (Å²) in [6.07, 6.45) is 3.01. The minimum atomic E-state index is -0.433. The van der Waals surface area contributed by atoms with Crippen LogP contribution in [0.2, 0.25) is 0 Å². The second kappa shape index (κ2) is 8.17. The van der Waals surface area contributed by atoms with Crippen molar-refractivity contribution in [3.8, 4) is 11.3 Å². The number of benzene rings is 2. The van der Waals surface area contributed by atoms with Crippen molar-refractivity contribution >= 4 is 17.7 Å². The molecule has 1 heterocycles. The highest BCUT2D eigenvalue weighted by Gasteiger charge is 2.07. The van der Waals surface area contributed by atoms with E-state index in [4.69, 9.17) is 9.15 Å². The Morgan fingerprint density at radius 3 is 2.54 bits per heavy atom. The van der Waals surface area contributed by atoms with E-state index in [1.807, 2.05) is 60.7 Å². The van der Waals surface area contributed by atoms with Gasteiger partial charge in [-0.05, 0) is 17.5 Å². The Morgan fingerprint density at radius 1 is 1.08 bits per heavy atom. The number of oxazole rings is 1. The molecule has 1 aromatic heterocycles. The molecule has 0 amide bonds. The molecule has 5 heteroatoms. The van der Waals surface area contributed by atoms with Gasteiger partial charge in [-0.25, -0.2) is 9.78 Å². The van der Waals surface area contributed by atoms with Crippen LogP contribution in [0.3, 0.4) is 0 Å². The fourth-order valence-electron chi connectivity index (χ4n) is 1.96. The Balaban J connectivity index is 1.49. The third-order valence-corrected chi connectivity index (χ3v) is 3.92. The van der Waals surface area contributed by atoms with Crippen LogP contribution in [0.15, 0.2) is 87.7 Å². The molecule has 2 aromatic carbocycles. The molecule has 0 saturated carbocycles. The lowest BCUT2D eigenvalue weighted by atomic mass is 10.2. The maximum absolute atomic E-state index is 11.7. The summed E-state index contributed by atoms with van der Waals surface area (Å²) in [5, 5.41) is 1.70. The molecule has 0 radical (unpaired) electrons. The minimum absolute atomic E-state index is 0.00596. The summed E-state index contributed by atoms with van der Waals surface area (Å²) in [5.74, 6) is 0.584. The van der Waals surface area contributed by atoms with Crippen LogP contribution in [0.5, 0.6) is 0 Å². The summed E-state index contributed by atoms with van der Waals surface area (Å²) >= 11 is 1.45. The van der Waals surface area contributed by atoms with Crippen molar-refractivity contribution in [2.75, 3.05) is 0 Å². The highest BCUT2D eigenvalue weighted by molar-refractivity contribution is 8.02. The maximum atomic E-state index is 11.7. The first-order valence-corrected chi connectivity index (χ1v) is 8.24. The maximum Gasteiger partial charge on any atom is 0.331 e. The van der Waals surface area contributed by atoms with E-state index < -0.39 is 5.97 Å². The topological polar surface area (TPSA) is 52.3 Å². The monoisotopic (exact) mass is 337 g/mol. The molecule has 0 spiro atoms. The van der Waals surface area contributed by atoms with E-state index in [0.717, 1.165) is 10.5 Å². The van der Waals surface area contributed by atoms with Gasteiger partial charge in [-0.15, -0.1) is 0 Å². The summed E-state index contributed by atoms with van der Waals surface area (Å²) in [7, 11) is 0. The first-order chi connectivity index (χ1) is 11.8. The van der Waals surface area contributed by atoms with Gasteiger partial charge < -0.3 is 9.15 Å². The number of esters is 1. The number of aromatic nitrogens is 1. The Kier molecular flexibility index (Phi) is 5.48. The van der Waals surface area contributed by atoms with E-state index in [0.29, 0.717) is 11.7 Å². The number of nitrogens with zero attached hydrogens (tertiary/aromatic N) is 1. The molecule has 0 fully saturated rings. The molecule has 3 rings (SSSR count). The van der Waals surface area contributed by atoms with E-state index in [1.54, 1.807) is 11.6 Å². The van der Waals surface area contributed by atoms with Crippen LogP contribution in [0, 0.1) is 0 Å². The van der Waals surface area contributed by atoms with Gasteiger partial charge in [-0.1, -0.05) is 60.3 Å². The normalized spacial score (nSPS) is 10.8. The van der Waals surface area contributed by atoms with Gasteiger partial charge in [0.1, 0.15) is 0 Å². The summed E-state index contributed by atoms with van der Waals surface area (Å²) in [5.41, 5.74) is 0.932. The number of hydrogen-bond donors (Lipinski definition) is 0. The summed E-state index contributed by atoms with van der Waals surface area (Å²) in [6, 6.07) is 19.4. The van der Waals surface area contributed by atoms with Crippen molar-refractivity contribution < 1.29 is 13.9 Å². The largest absolute Gasteiger partial charge is 0.453 e. The van der Waals surface area contributed by atoms with Gasteiger partial charge in [0, 0.05) is 16.5 Å². The second-order valence-corrected chi connectivity index (χ2v) is 5.80. The van der Waals surface area contributed by atoms with Crippen LogP contribution in [-0.4, -0.2) is 11.0 Å². The third-order valence-electron chi connectivity index (χ3n) is 3.10. The van der Waals surface area contributed by atoms with Crippen LogP contribution < -0.4 is 0 Å². The average molecular weight is 337 g/mol. The molecule has 0 saturated heterocycles. The molecule has 3 aromatic rings. The standard InChI is InChI=1S/C19H15NO3S/c21-19(11-12-24-16-9-5-2-6-10-16)22-14-18-20-13-17(23-18)15-7-3-1-4-8-15/h1-13H,14H2/b12-11+. The van der Waals surface area contributed by atoms with Crippen LogP contribution in [0.1, 0.15) is 5.89 Å². The zero-order valence-electron chi connectivity index (χ0n) is 12.8. The van der Waals surface area contributed by atoms with E-state index in [1.165, 1.54) is 17.8 Å². The van der Waals surface area contributed by atoms with Crippen LogP contribution in [0.4, 0.5) is 0 Å². The number of hydrogen-bond acceptors (Lipinski definition) is 5. The van der Waals surface area contributed by atoms with E-state index in [9.17, 15) is 4.79 Å². The van der Waals surface area contributed by atoms with Crippen molar-refractivity contribution in [3.63, 3.8) is 0 Å². The molecule has 120 valence electrons. The minimum Gasteiger partial charge on any atom is -0.453 e. The lowest BCUT2D eigenvalue weighted by molar-refractivity contribution is -0.139. The van der Waals surface area contributed by atoms with Crippen LogP contribution in [0.25, 0.3) is 11.3 Å². The van der Waals surface area contributed by atoms with E-state index >= 15 is 0 Å². The summed E-state index contributed by atoms with van der Waals surface area (Å²) < 4.78 is 10.7. The van der Waals surface area contributed by atoms with Gasteiger partial charge in [0.15, 0.2) is 12.4 Å². The lowest BCUT2D eigenvalue weighted by Gasteiger charge is -1.98. The van der Waals surface area contributed by atoms with Crippen LogP contribution in [-0.2, 0) is 16.1 Å². The van der Waals surface area contributed by atoms with Crippen molar-refractivity contribution in [1.82, 2.24) is 4.98 Å². The zero-order valence-corrected chi connectivity index (χ0v) is 13.6. The van der Waals surface area contributed by atoms with Gasteiger partial charge in [-0.2, -0.15) is 0 Å². The van der Waals surface area contributed by atoms with Gasteiger partial charge in [-0.3, -0.25) is 0 Å². The number of ether oxygens (including phenoxy) is 1. The Morgan fingerprint density at radius 2 is 1.79 bits per heavy atom. The molecular weight excluding hydrogens is 322 g/mol. The average Bonchev–Trinajstić information content (AvgIpc) is 3.11. The van der Waals surface area contributed by atoms with Crippen molar-refractivity contribution in [2.24, 2.45) is 0 Å². The highest BCUT2D eigenvalue weighted by Crippen LogP contribution is 2.20. The zero-order chi connectivity index (χ0) is 16.6. The van der Waals surface area contributed by atoms with Crippen molar-refractivity contribution in [3.05, 3.63) is 84.2 Å². The highest BCUT2D eigenvalue weighted by atomic mass is 32.2. The Bertz CT molecular complexity index is 813. The van der Waals surface area contributed by atoms with Crippen LogP contribution >= 0.6 is 11.8 Å². The number of thioether (sulfide) groups is 1. The first kappa shape index (κ1) is 16.1. The first-order valence-electron chi connectivity index (χ1n) is 7.36. The SMILES string of the molecule is O=C(/C=C/Sc1ccccc1)OCc1ncc(-c2ccccc2)o1. The van der Waals surface area contributed by atoms with Crippen molar-refractivity contribution in [2.45, 2.75) is 11.5 Å². The third kappa shape index (κ3) is 4.60. The molecule has 0 bridgehead atoms. The van der Waals surface area contributed by atoms with Crippen molar-refractivity contribution in [1.29, 1.82) is 0 Å². The predicted octanol–water partition coefficient (Wildman–Crippen LogP) is 4.69. The number of rotatable bonds is 6. The summed E-state index contributed by atoms with van der Waals surface area (Å²) in [4.78, 5) is 16.9. The Hall–Kier alpha value is -2.79. The van der Waals surface area contributed by atoms with Gasteiger partial charge in [0.25, 0.3) is 0 Å². The molecule has 0 aliphatic carbocycles. The fourth-order valence-corrected chi connectivity index (χ4v) is 2.61. The molecular formula is C19H15NO3S. The Labute approximate surface area is 144 Å². The molecule has 0 aliphatic rings. The smallest absolute Gasteiger partial charge is 0.331 e. The quantitative estimate of drug-likeness (QED) is 0.371. The fraction of sp³-hybridized carbons (Fsp3) is 0.0526. The second-order valence-electron chi connectivity index (χ2n) is 4.83. The van der Waals surface area contributed by atoms with E-state index in [2.05, 4.69) is 4.98 Å². The number of carbonyl (C=O) groups is 1. The van der Waals surface area contributed by atoms with E-state index in [-0.39, 0.29) is 6.61 Å². The van der Waals surface area contributed by atoms with Gasteiger partial charge in [0.05, 0.1) is 6.20 Å². The lowest BCUT2D eigenvalue weighted by Crippen LogP contribution is -2.00. The molecule has 0 atom stereocenters. The predicted molar refractivity (Wildman–Crippen MR) is 93.2 cm³/mol. The molecule has 0 aliphatic heterocycles. The van der Waals surface area contributed by atoms with Gasteiger partial charge in [0.2, 0.25) is 5.89 Å². The number of carbonyl (C=O) groups excluding carboxylic acids is 1. The summed E-state index contributed by atoms with van der Waals surface area (Å²) in [6.45, 7) is 0.00596. The van der Waals surface area contributed by atoms with Gasteiger partial charge >= 0.3 is 5.97 Å². The molecule has 24 heavy (non-hydrogen) atoms. The molecule has 0 unspecified atom stereocenters.